The lowest BCUT2D eigenvalue weighted by molar-refractivity contribution is -0.116. The highest BCUT2D eigenvalue weighted by Crippen LogP contribution is 2.13. The summed E-state index contributed by atoms with van der Waals surface area (Å²) < 4.78 is 0. The molecule has 0 unspecified atom stereocenters. The van der Waals surface area contributed by atoms with Crippen LogP contribution in [0.15, 0.2) is 30.3 Å². The van der Waals surface area contributed by atoms with Crippen LogP contribution in [0, 0.1) is 0 Å². The Morgan fingerprint density at radius 3 is 2.47 bits per heavy atom. The number of carbonyl (C=O) groups excluding carboxylic acids is 1. The first kappa shape index (κ1) is 11.7. The minimum absolute atomic E-state index is 0.00236. The number of nitrogens with two attached hydrogens (primary N) is 1. The monoisotopic (exact) mass is 222 g/mol. The summed E-state index contributed by atoms with van der Waals surface area (Å²) in [6, 6.07) is 9.48. The van der Waals surface area contributed by atoms with E-state index >= 15 is 0 Å². The highest BCUT2D eigenvalue weighted by Gasteiger charge is 2.10. The van der Waals surface area contributed by atoms with Gasteiger partial charge in [0.2, 0.25) is 5.91 Å². The van der Waals surface area contributed by atoms with Gasteiger partial charge in [0.05, 0.1) is 4.99 Å². The van der Waals surface area contributed by atoms with E-state index in [2.05, 4.69) is 0 Å². The summed E-state index contributed by atoms with van der Waals surface area (Å²) in [5.41, 5.74) is 6.29. The summed E-state index contributed by atoms with van der Waals surface area (Å²) in [6.07, 6.45) is 0.545. The van der Waals surface area contributed by atoms with E-state index in [4.69, 9.17) is 18.0 Å². The lowest BCUT2D eigenvalue weighted by Gasteiger charge is -2.20. The average Bonchev–Trinajstić information content (AvgIpc) is 2.18. The molecule has 1 amide bonds. The van der Waals surface area contributed by atoms with Crippen molar-refractivity contribution >= 4 is 28.8 Å². The fraction of sp³-hybridized carbons (Fsp3) is 0.273. The van der Waals surface area contributed by atoms with Crippen LogP contribution in [0.25, 0.3) is 0 Å². The van der Waals surface area contributed by atoms with E-state index < -0.39 is 0 Å². The van der Waals surface area contributed by atoms with Crippen molar-refractivity contribution in [2.45, 2.75) is 13.3 Å². The topological polar surface area (TPSA) is 46.3 Å². The third-order valence-corrected chi connectivity index (χ3v) is 2.23. The van der Waals surface area contributed by atoms with E-state index in [1.165, 1.54) is 6.92 Å². The van der Waals surface area contributed by atoms with Gasteiger partial charge in [-0.25, -0.2) is 0 Å². The molecule has 1 aromatic rings. The maximum Gasteiger partial charge on any atom is 0.223 e. The lowest BCUT2D eigenvalue weighted by Crippen LogP contribution is -2.31. The minimum atomic E-state index is -0.00236. The number of carbonyl (C=O) groups is 1. The molecular formula is C11H14N2OS. The molecule has 0 aliphatic heterocycles. The number of rotatable bonds is 4. The van der Waals surface area contributed by atoms with Gasteiger partial charge in [-0.1, -0.05) is 30.4 Å². The number of nitrogens with zero attached hydrogens (tertiary/aromatic N) is 1. The molecule has 0 saturated carbocycles. The lowest BCUT2D eigenvalue weighted by atomic mass is 10.2. The Bertz CT molecular complexity index is 351. The second kappa shape index (κ2) is 5.46. The van der Waals surface area contributed by atoms with E-state index in [9.17, 15) is 4.79 Å². The van der Waals surface area contributed by atoms with Crippen molar-refractivity contribution in [3.8, 4) is 0 Å². The number of benzene rings is 1. The van der Waals surface area contributed by atoms with Gasteiger partial charge in [-0.3, -0.25) is 4.79 Å². The van der Waals surface area contributed by atoms with Gasteiger partial charge in [-0.2, -0.15) is 0 Å². The van der Waals surface area contributed by atoms with Crippen LogP contribution in [-0.4, -0.2) is 17.4 Å². The van der Waals surface area contributed by atoms with E-state index in [-0.39, 0.29) is 5.91 Å². The summed E-state index contributed by atoms with van der Waals surface area (Å²) in [6.45, 7) is 2.07. The molecule has 0 aromatic heterocycles. The number of para-hydroxylation sites is 1. The van der Waals surface area contributed by atoms with Crippen LogP contribution < -0.4 is 10.6 Å². The van der Waals surface area contributed by atoms with Crippen molar-refractivity contribution in [2.75, 3.05) is 11.4 Å². The smallest absolute Gasteiger partial charge is 0.223 e. The Morgan fingerprint density at radius 2 is 2.00 bits per heavy atom. The van der Waals surface area contributed by atoms with Crippen molar-refractivity contribution in [3.63, 3.8) is 0 Å². The first-order chi connectivity index (χ1) is 7.11. The zero-order valence-corrected chi connectivity index (χ0v) is 9.46. The van der Waals surface area contributed by atoms with Crippen LogP contribution in [0.5, 0.6) is 0 Å². The minimum Gasteiger partial charge on any atom is -0.393 e. The largest absolute Gasteiger partial charge is 0.393 e. The maximum absolute atomic E-state index is 11.4. The number of thiocarbonyl (C=S) groups is 1. The van der Waals surface area contributed by atoms with Crippen LogP contribution in [0.3, 0.4) is 0 Å². The SMILES string of the molecule is CC(=O)N(CCC(N)=S)c1ccccc1. The van der Waals surface area contributed by atoms with Crippen LogP contribution in [0.2, 0.25) is 0 Å². The Labute approximate surface area is 94.9 Å². The molecule has 1 aromatic carbocycles. The first-order valence-electron chi connectivity index (χ1n) is 4.72. The highest BCUT2D eigenvalue weighted by atomic mass is 32.1. The van der Waals surface area contributed by atoms with E-state index in [0.29, 0.717) is 18.0 Å². The van der Waals surface area contributed by atoms with Crippen molar-refractivity contribution in [1.82, 2.24) is 0 Å². The van der Waals surface area contributed by atoms with Crippen LogP contribution in [-0.2, 0) is 4.79 Å². The molecule has 0 spiro atoms. The van der Waals surface area contributed by atoms with Gasteiger partial charge in [0, 0.05) is 25.6 Å². The number of amides is 1. The molecule has 0 aliphatic rings. The highest BCUT2D eigenvalue weighted by molar-refractivity contribution is 7.80. The summed E-state index contributed by atoms with van der Waals surface area (Å²) in [5, 5.41) is 0. The van der Waals surface area contributed by atoms with Gasteiger partial charge in [-0.15, -0.1) is 0 Å². The van der Waals surface area contributed by atoms with Crippen molar-refractivity contribution in [3.05, 3.63) is 30.3 Å². The molecule has 3 nitrogen and oxygen atoms in total. The van der Waals surface area contributed by atoms with Gasteiger partial charge in [0.15, 0.2) is 0 Å². The van der Waals surface area contributed by atoms with Gasteiger partial charge in [0.25, 0.3) is 0 Å². The number of hydrogen-bond acceptors (Lipinski definition) is 2. The molecule has 0 saturated heterocycles. The molecule has 0 atom stereocenters. The summed E-state index contributed by atoms with van der Waals surface area (Å²) in [5.74, 6) is -0.00236. The van der Waals surface area contributed by atoms with Crippen LogP contribution in [0.1, 0.15) is 13.3 Å². The van der Waals surface area contributed by atoms with Gasteiger partial charge in [0.1, 0.15) is 0 Å². The molecule has 0 fully saturated rings. The first-order valence-corrected chi connectivity index (χ1v) is 5.13. The van der Waals surface area contributed by atoms with Crippen molar-refractivity contribution in [2.24, 2.45) is 5.73 Å². The molecule has 2 N–H and O–H groups in total. The second-order valence-corrected chi connectivity index (χ2v) is 3.75. The fourth-order valence-electron chi connectivity index (χ4n) is 1.30. The molecule has 1 rings (SSSR count). The fourth-order valence-corrected chi connectivity index (χ4v) is 1.39. The van der Waals surface area contributed by atoms with E-state index in [0.717, 1.165) is 5.69 Å². The van der Waals surface area contributed by atoms with E-state index in [1.807, 2.05) is 30.3 Å². The molecule has 0 aliphatic carbocycles. The normalized spacial score (nSPS) is 9.67. The molecule has 0 heterocycles. The molecule has 0 bridgehead atoms. The molecule has 0 radical (unpaired) electrons. The number of anilines is 1. The average molecular weight is 222 g/mol. The maximum atomic E-state index is 11.4. The molecule has 15 heavy (non-hydrogen) atoms. The summed E-state index contributed by atoms with van der Waals surface area (Å²) in [4.78, 5) is 13.5. The Hall–Kier alpha value is -1.42. The van der Waals surface area contributed by atoms with Gasteiger partial charge >= 0.3 is 0 Å². The Balaban J connectivity index is 2.75. The standard InChI is InChI=1S/C11H14N2OS/c1-9(14)13(8-7-11(12)15)10-5-3-2-4-6-10/h2-6H,7-8H2,1H3,(H2,12,15). The summed E-state index contributed by atoms with van der Waals surface area (Å²) in [7, 11) is 0. The zero-order valence-electron chi connectivity index (χ0n) is 8.64. The Morgan fingerprint density at radius 1 is 1.40 bits per heavy atom. The second-order valence-electron chi connectivity index (χ2n) is 3.22. The van der Waals surface area contributed by atoms with Crippen molar-refractivity contribution < 1.29 is 4.79 Å². The quantitative estimate of drug-likeness (QED) is 0.789. The van der Waals surface area contributed by atoms with E-state index in [1.54, 1.807) is 4.90 Å². The third kappa shape index (κ3) is 3.67. The molecular weight excluding hydrogens is 208 g/mol. The van der Waals surface area contributed by atoms with Crippen molar-refractivity contribution in [1.29, 1.82) is 0 Å². The summed E-state index contributed by atoms with van der Waals surface area (Å²) >= 11 is 4.79. The van der Waals surface area contributed by atoms with Crippen LogP contribution >= 0.6 is 12.2 Å². The zero-order chi connectivity index (χ0) is 11.3. The predicted molar refractivity (Wildman–Crippen MR) is 65.9 cm³/mol. The third-order valence-electron chi connectivity index (χ3n) is 2.03. The molecule has 4 heteroatoms. The van der Waals surface area contributed by atoms with Crippen LogP contribution in [0.4, 0.5) is 5.69 Å². The van der Waals surface area contributed by atoms with Gasteiger partial charge < -0.3 is 10.6 Å². The number of hydrogen-bond donors (Lipinski definition) is 1. The molecule has 80 valence electrons. The Kier molecular flexibility index (Phi) is 4.24. The predicted octanol–water partition coefficient (Wildman–Crippen LogP) is 1.72. The van der Waals surface area contributed by atoms with Gasteiger partial charge in [-0.05, 0) is 12.1 Å².